The molecule has 158 valence electrons. The summed E-state index contributed by atoms with van der Waals surface area (Å²) in [6.07, 6.45) is 0.768. The molecule has 0 fully saturated rings. The number of rotatable bonds is 5. The van der Waals surface area contributed by atoms with Gasteiger partial charge in [0.25, 0.3) is 5.91 Å². The summed E-state index contributed by atoms with van der Waals surface area (Å²) in [6, 6.07) is 12.9. The van der Waals surface area contributed by atoms with Gasteiger partial charge >= 0.3 is 0 Å². The fourth-order valence-corrected chi connectivity index (χ4v) is 4.14. The molecule has 0 radical (unpaired) electrons. The first kappa shape index (κ1) is 20.9. The number of hydrogen-bond donors (Lipinski definition) is 2. The highest BCUT2D eigenvalue weighted by Gasteiger charge is 2.15. The normalized spacial score (nSPS) is 10.8. The highest BCUT2D eigenvalue weighted by atomic mass is 32.1. The Morgan fingerprint density at radius 3 is 2.77 bits per heavy atom. The van der Waals surface area contributed by atoms with E-state index >= 15 is 0 Å². The van der Waals surface area contributed by atoms with Crippen molar-refractivity contribution in [3.63, 3.8) is 0 Å². The Kier molecular flexibility index (Phi) is 5.92. The Balaban J connectivity index is 1.48. The minimum atomic E-state index is -0.337. The van der Waals surface area contributed by atoms with Gasteiger partial charge in [-0.1, -0.05) is 30.4 Å². The van der Waals surface area contributed by atoms with Crippen LogP contribution in [0.4, 0.5) is 5.69 Å². The first-order chi connectivity index (χ1) is 15.0. The molecule has 2 aromatic carbocycles. The largest absolute Gasteiger partial charge is 0.496 e. The molecule has 2 heterocycles. The number of thiocarbonyl (C=S) groups is 1. The van der Waals surface area contributed by atoms with Gasteiger partial charge in [-0.05, 0) is 55.0 Å². The lowest BCUT2D eigenvalue weighted by Gasteiger charge is -2.13. The second-order valence-corrected chi connectivity index (χ2v) is 8.07. The molecule has 0 aliphatic heterocycles. The molecule has 0 unspecified atom stereocenters. The number of anilines is 1. The van der Waals surface area contributed by atoms with Crippen LogP contribution in [-0.4, -0.2) is 37.9 Å². The molecule has 0 aliphatic carbocycles. The Hall–Kier alpha value is -3.37. The minimum absolute atomic E-state index is 0.207. The lowest BCUT2D eigenvalue weighted by Crippen LogP contribution is -2.34. The minimum Gasteiger partial charge on any atom is -0.496 e. The molecule has 1 amide bonds. The molecule has 10 heteroatoms. The molecular formula is C21H20N6O2S2. The molecule has 0 saturated heterocycles. The molecule has 2 N–H and O–H groups in total. The lowest BCUT2D eigenvalue weighted by atomic mass is 10.1. The third-order valence-electron chi connectivity index (χ3n) is 4.67. The van der Waals surface area contributed by atoms with Crippen molar-refractivity contribution < 1.29 is 9.53 Å². The maximum atomic E-state index is 12.5. The van der Waals surface area contributed by atoms with Crippen molar-refractivity contribution >= 4 is 45.2 Å². The number of carbonyl (C=O) groups excluding carboxylic acids is 1. The van der Waals surface area contributed by atoms with Crippen LogP contribution in [0, 0.1) is 6.92 Å². The van der Waals surface area contributed by atoms with Crippen molar-refractivity contribution in [2.75, 3.05) is 12.4 Å². The number of aryl methyl sites for hydroxylation is 2. The molecule has 8 nitrogen and oxygen atoms in total. The highest BCUT2D eigenvalue weighted by Crippen LogP contribution is 2.28. The predicted octanol–water partition coefficient (Wildman–Crippen LogP) is 3.86. The maximum Gasteiger partial charge on any atom is 0.261 e. The monoisotopic (exact) mass is 452 g/mol. The zero-order chi connectivity index (χ0) is 22.0. The summed E-state index contributed by atoms with van der Waals surface area (Å²) < 4.78 is 7.01. The highest BCUT2D eigenvalue weighted by molar-refractivity contribution is 7.80. The molecule has 31 heavy (non-hydrogen) atoms. The summed E-state index contributed by atoms with van der Waals surface area (Å²) in [5.41, 5.74) is 3.15. The average molecular weight is 453 g/mol. The van der Waals surface area contributed by atoms with Gasteiger partial charge in [0.05, 0.1) is 12.7 Å². The van der Waals surface area contributed by atoms with Crippen LogP contribution in [0.1, 0.15) is 28.7 Å². The fraction of sp³-hybridized carbons (Fsp3) is 0.190. The van der Waals surface area contributed by atoms with Gasteiger partial charge < -0.3 is 10.1 Å². The van der Waals surface area contributed by atoms with Crippen molar-refractivity contribution in [3.05, 3.63) is 59.4 Å². The number of para-hydroxylation sites is 1. The van der Waals surface area contributed by atoms with Crippen molar-refractivity contribution in [2.45, 2.75) is 20.3 Å². The zero-order valence-corrected chi connectivity index (χ0v) is 18.8. The third-order valence-corrected chi connectivity index (χ3v) is 5.82. The molecule has 0 saturated carbocycles. The van der Waals surface area contributed by atoms with E-state index in [1.807, 2.05) is 32.0 Å². The van der Waals surface area contributed by atoms with E-state index in [-0.39, 0.29) is 11.0 Å². The predicted molar refractivity (Wildman–Crippen MR) is 125 cm³/mol. The van der Waals surface area contributed by atoms with Gasteiger partial charge in [-0.25, -0.2) is 0 Å². The van der Waals surface area contributed by atoms with Crippen LogP contribution in [0.15, 0.2) is 42.5 Å². The number of methoxy groups -OCH3 is 1. The van der Waals surface area contributed by atoms with Gasteiger partial charge in [0, 0.05) is 17.7 Å². The Bertz CT molecular complexity index is 1280. The molecule has 4 aromatic rings. The van der Waals surface area contributed by atoms with E-state index in [4.69, 9.17) is 17.0 Å². The molecule has 2 aromatic heterocycles. The van der Waals surface area contributed by atoms with E-state index in [2.05, 4.69) is 25.9 Å². The number of aromatic nitrogens is 4. The van der Waals surface area contributed by atoms with Crippen LogP contribution in [0.3, 0.4) is 0 Å². The van der Waals surface area contributed by atoms with E-state index in [9.17, 15) is 4.79 Å². The van der Waals surface area contributed by atoms with Crippen LogP contribution in [0.5, 0.6) is 5.75 Å². The smallest absolute Gasteiger partial charge is 0.261 e. The standard InChI is InChI=1S/C21H20N6O2S2/c1-4-17-24-25-21-27(17)26-19(31-21)13-9-10-15(12(2)11-13)22-20(30)23-18(28)14-7-5-6-8-16(14)29-3/h5-11H,4H2,1-3H3,(H2,22,23,28,30). The number of nitrogens with one attached hydrogen (secondary N) is 2. The summed E-state index contributed by atoms with van der Waals surface area (Å²) in [6.45, 7) is 3.99. The first-order valence-corrected chi connectivity index (χ1v) is 10.8. The van der Waals surface area contributed by atoms with E-state index in [1.54, 1.807) is 28.8 Å². The summed E-state index contributed by atoms with van der Waals surface area (Å²) in [5.74, 6) is 0.985. The zero-order valence-electron chi connectivity index (χ0n) is 17.2. The fourth-order valence-electron chi connectivity index (χ4n) is 3.09. The summed E-state index contributed by atoms with van der Waals surface area (Å²) >= 11 is 6.81. The van der Waals surface area contributed by atoms with Gasteiger partial charge in [0.2, 0.25) is 4.96 Å². The van der Waals surface area contributed by atoms with Crippen molar-refractivity contribution in [1.29, 1.82) is 0 Å². The van der Waals surface area contributed by atoms with Gasteiger partial charge in [0.15, 0.2) is 10.9 Å². The van der Waals surface area contributed by atoms with Gasteiger partial charge in [0.1, 0.15) is 10.8 Å². The number of ether oxygens (including phenoxy) is 1. The van der Waals surface area contributed by atoms with Gasteiger partial charge in [-0.2, -0.15) is 9.61 Å². The Morgan fingerprint density at radius 2 is 2.03 bits per heavy atom. The molecule has 0 atom stereocenters. The van der Waals surface area contributed by atoms with E-state index in [1.165, 1.54) is 18.4 Å². The molecular weight excluding hydrogens is 432 g/mol. The number of nitrogens with zero attached hydrogens (tertiary/aromatic N) is 4. The van der Waals surface area contributed by atoms with E-state index in [0.29, 0.717) is 11.3 Å². The summed E-state index contributed by atoms with van der Waals surface area (Å²) in [5, 5.41) is 19.8. The van der Waals surface area contributed by atoms with E-state index < -0.39 is 0 Å². The van der Waals surface area contributed by atoms with Crippen molar-refractivity contribution in [2.24, 2.45) is 0 Å². The van der Waals surface area contributed by atoms with Crippen LogP contribution in [-0.2, 0) is 6.42 Å². The number of carbonyl (C=O) groups is 1. The van der Waals surface area contributed by atoms with Crippen LogP contribution < -0.4 is 15.4 Å². The Morgan fingerprint density at radius 1 is 1.23 bits per heavy atom. The second-order valence-electron chi connectivity index (χ2n) is 6.71. The van der Waals surface area contributed by atoms with E-state index in [0.717, 1.165) is 39.0 Å². The van der Waals surface area contributed by atoms with Crippen LogP contribution >= 0.6 is 23.6 Å². The van der Waals surface area contributed by atoms with Gasteiger partial charge in [-0.3, -0.25) is 10.1 Å². The van der Waals surface area contributed by atoms with Crippen LogP contribution in [0.2, 0.25) is 0 Å². The summed E-state index contributed by atoms with van der Waals surface area (Å²) in [7, 11) is 1.52. The molecule has 0 bridgehead atoms. The Labute approximate surface area is 188 Å². The number of benzene rings is 2. The number of hydrogen-bond acceptors (Lipinski definition) is 7. The topological polar surface area (TPSA) is 93.4 Å². The average Bonchev–Trinajstić information content (AvgIpc) is 3.35. The molecule has 0 aliphatic rings. The third kappa shape index (κ3) is 4.25. The first-order valence-electron chi connectivity index (χ1n) is 9.57. The molecule has 4 rings (SSSR count). The quantitative estimate of drug-likeness (QED) is 0.444. The molecule has 0 spiro atoms. The summed E-state index contributed by atoms with van der Waals surface area (Å²) in [4.78, 5) is 13.3. The van der Waals surface area contributed by atoms with Gasteiger partial charge in [-0.15, -0.1) is 10.2 Å². The lowest BCUT2D eigenvalue weighted by molar-refractivity contribution is 0.0975. The van der Waals surface area contributed by atoms with Crippen molar-refractivity contribution in [1.82, 2.24) is 25.1 Å². The second kappa shape index (κ2) is 8.78. The maximum absolute atomic E-state index is 12.5. The van der Waals surface area contributed by atoms with Crippen molar-refractivity contribution in [3.8, 4) is 16.3 Å². The SMILES string of the molecule is CCc1nnc2sc(-c3ccc(NC(=S)NC(=O)c4ccccc4OC)c(C)c3)nn12. The number of amides is 1. The van der Waals surface area contributed by atoms with Crippen LogP contribution in [0.25, 0.3) is 15.5 Å². The number of fused-ring (bicyclic) bond motifs is 1.